The van der Waals surface area contributed by atoms with Crippen molar-refractivity contribution in [1.29, 1.82) is 0 Å². The van der Waals surface area contributed by atoms with E-state index in [0.29, 0.717) is 31.5 Å². The second kappa shape index (κ2) is 6.67. The fourth-order valence-corrected chi connectivity index (χ4v) is 2.40. The maximum atomic E-state index is 12.8. The third-order valence-corrected chi connectivity index (χ3v) is 3.64. The van der Waals surface area contributed by atoms with E-state index < -0.39 is 6.04 Å². The predicted octanol–water partition coefficient (Wildman–Crippen LogP) is 0.894. The first-order valence-electron chi connectivity index (χ1n) is 7.08. The molecule has 2 rings (SSSR count). The quantitative estimate of drug-likeness (QED) is 0.869. The zero-order chi connectivity index (χ0) is 15.4. The van der Waals surface area contributed by atoms with Gasteiger partial charge in [0.2, 0.25) is 5.91 Å². The van der Waals surface area contributed by atoms with Gasteiger partial charge in [-0.05, 0) is 44.0 Å². The molecule has 1 heterocycles. The average Bonchev–Trinajstić information content (AvgIpc) is 2.47. The lowest BCUT2D eigenvalue weighted by atomic mass is 10.0. The minimum atomic E-state index is -0.490. The first kappa shape index (κ1) is 15.4. The largest absolute Gasteiger partial charge is 0.349 e. The molecule has 1 saturated heterocycles. The van der Waals surface area contributed by atoms with Gasteiger partial charge in [-0.15, -0.1) is 0 Å². The number of carbonyl (C=O) groups is 2. The Kier molecular flexibility index (Phi) is 4.90. The first-order valence-corrected chi connectivity index (χ1v) is 7.08. The number of likely N-dealkylation sites (tertiary alicyclic amines) is 1. The van der Waals surface area contributed by atoms with Crippen molar-refractivity contribution in [3.8, 4) is 0 Å². The summed E-state index contributed by atoms with van der Waals surface area (Å²) in [5.74, 6) is -0.639. The molecule has 1 aliphatic rings. The molecule has 6 heteroatoms. The second-order valence-electron chi connectivity index (χ2n) is 5.37. The summed E-state index contributed by atoms with van der Waals surface area (Å²) in [6.07, 6.45) is 1.40. The molecule has 21 heavy (non-hydrogen) atoms. The molecular weight excluding hydrogens is 273 g/mol. The van der Waals surface area contributed by atoms with Gasteiger partial charge in [0.1, 0.15) is 5.82 Å². The normalized spacial score (nSPS) is 17.4. The molecule has 0 aliphatic carbocycles. The monoisotopic (exact) mass is 293 g/mol. The summed E-state index contributed by atoms with van der Waals surface area (Å²) < 4.78 is 12.8. The van der Waals surface area contributed by atoms with Crippen molar-refractivity contribution in [2.45, 2.75) is 31.8 Å². The van der Waals surface area contributed by atoms with E-state index in [-0.39, 0.29) is 23.7 Å². The number of piperidine rings is 1. The van der Waals surface area contributed by atoms with E-state index >= 15 is 0 Å². The van der Waals surface area contributed by atoms with E-state index in [4.69, 9.17) is 5.73 Å². The van der Waals surface area contributed by atoms with Crippen LogP contribution >= 0.6 is 0 Å². The average molecular weight is 293 g/mol. The maximum Gasteiger partial charge on any atom is 0.251 e. The number of halogens is 1. The van der Waals surface area contributed by atoms with Crippen molar-refractivity contribution in [2.75, 3.05) is 13.1 Å². The molecule has 1 atom stereocenters. The molecule has 0 saturated carbocycles. The summed E-state index contributed by atoms with van der Waals surface area (Å²) in [4.78, 5) is 25.5. The molecule has 1 aromatic carbocycles. The van der Waals surface area contributed by atoms with E-state index in [9.17, 15) is 14.0 Å². The fourth-order valence-electron chi connectivity index (χ4n) is 2.40. The highest BCUT2D eigenvalue weighted by Crippen LogP contribution is 2.12. The van der Waals surface area contributed by atoms with Gasteiger partial charge in [-0.25, -0.2) is 4.39 Å². The van der Waals surface area contributed by atoms with Gasteiger partial charge >= 0.3 is 0 Å². The van der Waals surface area contributed by atoms with Crippen LogP contribution in [0, 0.1) is 5.82 Å². The third-order valence-electron chi connectivity index (χ3n) is 3.64. The zero-order valence-corrected chi connectivity index (χ0v) is 12.0. The van der Waals surface area contributed by atoms with Gasteiger partial charge in [-0.3, -0.25) is 9.59 Å². The summed E-state index contributed by atoms with van der Waals surface area (Å²) in [6, 6.07) is 4.98. The van der Waals surface area contributed by atoms with Crippen LogP contribution in [0.25, 0.3) is 0 Å². The summed E-state index contributed by atoms with van der Waals surface area (Å²) >= 11 is 0. The van der Waals surface area contributed by atoms with Gasteiger partial charge in [0.05, 0.1) is 6.04 Å². The van der Waals surface area contributed by atoms with Gasteiger partial charge in [-0.1, -0.05) is 0 Å². The Morgan fingerprint density at radius 3 is 2.38 bits per heavy atom. The maximum absolute atomic E-state index is 12.8. The molecule has 0 bridgehead atoms. The molecule has 114 valence electrons. The zero-order valence-electron chi connectivity index (χ0n) is 12.0. The van der Waals surface area contributed by atoms with Crippen LogP contribution in [0.2, 0.25) is 0 Å². The first-order chi connectivity index (χ1) is 9.97. The van der Waals surface area contributed by atoms with Gasteiger partial charge in [0, 0.05) is 24.7 Å². The lowest BCUT2D eigenvalue weighted by Gasteiger charge is -2.33. The molecule has 0 spiro atoms. The topological polar surface area (TPSA) is 75.4 Å². The second-order valence-corrected chi connectivity index (χ2v) is 5.37. The van der Waals surface area contributed by atoms with Crippen molar-refractivity contribution in [2.24, 2.45) is 5.73 Å². The predicted molar refractivity (Wildman–Crippen MR) is 77.1 cm³/mol. The highest BCUT2D eigenvalue weighted by atomic mass is 19.1. The molecule has 0 aromatic heterocycles. The molecular formula is C15H20FN3O2. The van der Waals surface area contributed by atoms with Crippen molar-refractivity contribution >= 4 is 11.8 Å². The Labute approximate surface area is 123 Å². The Morgan fingerprint density at radius 2 is 1.86 bits per heavy atom. The minimum Gasteiger partial charge on any atom is -0.349 e. The molecule has 1 aromatic rings. The molecule has 3 N–H and O–H groups in total. The van der Waals surface area contributed by atoms with E-state index in [2.05, 4.69) is 5.32 Å². The van der Waals surface area contributed by atoms with Crippen LogP contribution in [-0.2, 0) is 4.79 Å². The number of hydrogen-bond donors (Lipinski definition) is 2. The van der Waals surface area contributed by atoms with Crippen LogP contribution in [0.4, 0.5) is 4.39 Å². The van der Waals surface area contributed by atoms with Crippen molar-refractivity contribution in [3.63, 3.8) is 0 Å². The number of carbonyl (C=O) groups excluding carboxylic acids is 2. The summed E-state index contributed by atoms with van der Waals surface area (Å²) in [6.45, 7) is 2.86. The number of nitrogens with one attached hydrogen (secondary N) is 1. The van der Waals surface area contributed by atoms with E-state index in [1.54, 1.807) is 11.8 Å². The Hall–Kier alpha value is -1.95. The van der Waals surface area contributed by atoms with Crippen molar-refractivity contribution < 1.29 is 14.0 Å². The Bertz CT molecular complexity index is 508. The molecule has 0 radical (unpaired) electrons. The highest BCUT2D eigenvalue weighted by molar-refractivity contribution is 5.94. The smallest absolute Gasteiger partial charge is 0.251 e. The molecule has 0 unspecified atom stereocenters. The lowest BCUT2D eigenvalue weighted by Crippen LogP contribution is -2.50. The number of hydrogen-bond acceptors (Lipinski definition) is 3. The van der Waals surface area contributed by atoms with Crippen LogP contribution in [0.1, 0.15) is 30.1 Å². The van der Waals surface area contributed by atoms with Crippen LogP contribution in [-0.4, -0.2) is 41.9 Å². The van der Waals surface area contributed by atoms with Crippen LogP contribution in [0.15, 0.2) is 24.3 Å². The number of nitrogens with two attached hydrogens (primary N) is 1. The van der Waals surface area contributed by atoms with Crippen LogP contribution < -0.4 is 11.1 Å². The summed E-state index contributed by atoms with van der Waals surface area (Å²) in [5.41, 5.74) is 6.01. The molecule has 5 nitrogen and oxygen atoms in total. The van der Waals surface area contributed by atoms with Crippen molar-refractivity contribution in [3.05, 3.63) is 35.6 Å². The number of benzene rings is 1. The van der Waals surface area contributed by atoms with E-state index in [1.165, 1.54) is 24.3 Å². The van der Waals surface area contributed by atoms with E-state index in [0.717, 1.165) is 0 Å². The Balaban J connectivity index is 1.84. The van der Waals surface area contributed by atoms with Crippen molar-refractivity contribution in [1.82, 2.24) is 10.2 Å². The number of amides is 2. The fraction of sp³-hybridized carbons (Fsp3) is 0.467. The van der Waals surface area contributed by atoms with Gasteiger partial charge in [-0.2, -0.15) is 0 Å². The molecule has 1 aliphatic heterocycles. The number of nitrogens with zero attached hydrogens (tertiary/aromatic N) is 1. The van der Waals surface area contributed by atoms with Gasteiger partial charge in [0.25, 0.3) is 5.91 Å². The SMILES string of the molecule is C[C@@H](N)C(=O)N1CCC(NC(=O)c2ccc(F)cc2)CC1. The van der Waals surface area contributed by atoms with Gasteiger partial charge in [0.15, 0.2) is 0 Å². The van der Waals surface area contributed by atoms with Gasteiger partial charge < -0.3 is 16.0 Å². The molecule has 1 fully saturated rings. The highest BCUT2D eigenvalue weighted by Gasteiger charge is 2.25. The minimum absolute atomic E-state index is 0.0275. The standard InChI is InChI=1S/C15H20FN3O2/c1-10(17)15(21)19-8-6-13(7-9-19)18-14(20)11-2-4-12(16)5-3-11/h2-5,10,13H,6-9,17H2,1H3,(H,18,20)/t10-/m1/s1. The van der Waals surface area contributed by atoms with E-state index in [1.807, 2.05) is 0 Å². The number of rotatable bonds is 3. The summed E-state index contributed by atoms with van der Waals surface area (Å²) in [7, 11) is 0. The van der Waals surface area contributed by atoms with Crippen LogP contribution in [0.5, 0.6) is 0 Å². The molecule has 2 amide bonds. The lowest BCUT2D eigenvalue weighted by molar-refractivity contribution is -0.133. The third kappa shape index (κ3) is 4.01. The summed E-state index contributed by atoms with van der Waals surface area (Å²) in [5, 5.41) is 2.91. The van der Waals surface area contributed by atoms with Crippen LogP contribution in [0.3, 0.4) is 0 Å². The Morgan fingerprint density at radius 1 is 1.29 bits per heavy atom.